The molecule has 1 aliphatic heterocycles. The summed E-state index contributed by atoms with van der Waals surface area (Å²) in [6, 6.07) is 18.8. The zero-order chi connectivity index (χ0) is 18.2. The first kappa shape index (κ1) is 18.5. The summed E-state index contributed by atoms with van der Waals surface area (Å²) < 4.78 is 6.04. The van der Waals surface area contributed by atoms with Gasteiger partial charge in [-0.05, 0) is 44.4 Å². The number of nitrogens with zero attached hydrogens (tertiary/aromatic N) is 2. The summed E-state index contributed by atoms with van der Waals surface area (Å²) in [7, 11) is 0. The van der Waals surface area contributed by atoms with Crippen LogP contribution in [0, 0.1) is 0 Å². The molecule has 0 bridgehead atoms. The van der Waals surface area contributed by atoms with E-state index in [9.17, 15) is 0 Å². The summed E-state index contributed by atoms with van der Waals surface area (Å²) in [5.41, 5.74) is 3.74. The Labute approximate surface area is 157 Å². The van der Waals surface area contributed by atoms with Crippen LogP contribution in [0.3, 0.4) is 0 Å². The van der Waals surface area contributed by atoms with Gasteiger partial charge in [0.1, 0.15) is 12.4 Å². The third-order valence-corrected chi connectivity index (χ3v) is 4.71. The van der Waals surface area contributed by atoms with Crippen molar-refractivity contribution in [3.63, 3.8) is 0 Å². The summed E-state index contributed by atoms with van der Waals surface area (Å²) in [5, 5.41) is 4.89. The van der Waals surface area contributed by atoms with E-state index < -0.39 is 0 Å². The van der Waals surface area contributed by atoms with Gasteiger partial charge in [-0.25, -0.2) is 5.01 Å². The van der Waals surface area contributed by atoms with Gasteiger partial charge < -0.3 is 9.75 Å². The number of ether oxygens (including phenoxy) is 1. The number of hydrogen-bond donors (Lipinski definition) is 0. The van der Waals surface area contributed by atoms with Gasteiger partial charge >= 0.3 is 0 Å². The van der Waals surface area contributed by atoms with Crippen molar-refractivity contribution in [3.05, 3.63) is 71.8 Å². The highest BCUT2D eigenvalue weighted by Crippen LogP contribution is 2.25. The Bertz CT molecular complexity index is 701. The second kappa shape index (κ2) is 9.44. The van der Waals surface area contributed by atoms with Crippen LogP contribution < -0.4 is 9.75 Å². The zero-order valence-electron chi connectivity index (χ0n) is 16.0. The molecule has 1 aliphatic rings. The molecule has 0 amide bonds. The Morgan fingerprint density at radius 3 is 2.50 bits per heavy atom. The molecule has 0 radical (unpaired) electrons. The largest absolute Gasteiger partial charge is 0.489 e. The Morgan fingerprint density at radius 1 is 1.00 bits per heavy atom. The van der Waals surface area contributed by atoms with Crippen LogP contribution in [0.2, 0.25) is 0 Å². The fraction of sp³-hybridized carbons (Fsp3) is 0.391. The molecule has 138 valence electrons. The number of hydrogen-bond acceptors (Lipinski definition) is 3. The number of benzene rings is 2. The molecule has 0 atom stereocenters. The van der Waals surface area contributed by atoms with E-state index in [1.54, 1.807) is 0 Å². The van der Waals surface area contributed by atoms with E-state index in [-0.39, 0.29) is 0 Å². The minimum absolute atomic E-state index is 0.599. The lowest BCUT2D eigenvalue weighted by Crippen LogP contribution is -2.46. The molecule has 1 heterocycles. The number of piperidine rings is 1. The van der Waals surface area contributed by atoms with Gasteiger partial charge in [0.25, 0.3) is 0 Å². The highest BCUT2D eigenvalue weighted by Gasteiger charge is 2.18. The van der Waals surface area contributed by atoms with Crippen molar-refractivity contribution in [1.82, 2.24) is 5.01 Å². The molecule has 26 heavy (non-hydrogen) atoms. The van der Waals surface area contributed by atoms with Gasteiger partial charge in [-0.2, -0.15) is 0 Å². The van der Waals surface area contributed by atoms with Crippen LogP contribution in [0.5, 0.6) is 5.75 Å². The first-order valence-electron chi connectivity index (χ1n) is 9.65. The molecular weight excluding hydrogens is 320 g/mol. The van der Waals surface area contributed by atoms with E-state index in [2.05, 4.69) is 60.3 Å². The number of hydrazine groups is 1. The molecule has 0 saturated carbocycles. The Balaban J connectivity index is 1.74. The predicted molar refractivity (Wildman–Crippen MR) is 109 cm³/mol. The van der Waals surface area contributed by atoms with Gasteiger partial charge in [-0.1, -0.05) is 54.5 Å². The van der Waals surface area contributed by atoms with E-state index in [1.807, 2.05) is 24.3 Å². The van der Waals surface area contributed by atoms with Crippen LogP contribution in [0.1, 0.15) is 38.7 Å². The van der Waals surface area contributed by atoms with Crippen LogP contribution in [0.25, 0.3) is 0 Å². The summed E-state index contributed by atoms with van der Waals surface area (Å²) in [6.45, 7) is 8.09. The smallest absolute Gasteiger partial charge is 0.121 e. The normalized spacial score (nSPS) is 14.7. The Morgan fingerprint density at radius 2 is 1.77 bits per heavy atom. The van der Waals surface area contributed by atoms with Crippen LogP contribution in [-0.2, 0) is 6.61 Å². The van der Waals surface area contributed by atoms with Gasteiger partial charge in [0.2, 0.25) is 0 Å². The highest BCUT2D eigenvalue weighted by molar-refractivity contribution is 5.50. The van der Waals surface area contributed by atoms with Crippen LogP contribution in [-0.4, -0.2) is 24.6 Å². The predicted octanol–water partition coefficient (Wildman–Crippen LogP) is 5.44. The number of rotatable bonds is 7. The molecule has 3 rings (SSSR count). The van der Waals surface area contributed by atoms with Crippen molar-refractivity contribution < 1.29 is 4.74 Å². The van der Waals surface area contributed by atoms with Gasteiger partial charge in [-0.15, -0.1) is 0 Å². The van der Waals surface area contributed by atoms with Gasteiger partial charge in [0, 0.05) is 19.2 Å². The maximum atomic E-state index is 6.04. The molecule has 1 saturated heterocycles. The fourth-order valence-electron chi connectivity index (χ4n) is 3.25. The first-order chi connectivity index (χ1) is 12.7. The molecule has 0 unspecified atom stereocenters. The Kier molecular flexibility index (Phi) is 6.73. The first-order valence-corrected chi connectivity index (χ1v) is 9.65. The molecule has 3 nitrogen and oxygen atoms in total. The molecule has 1 fully saturated rings. The fourth-order valence-corrected chi connectivity index (χ4v) is 3.25. The molecule has 0 spiro atoms. The van der Waals surface area contributed by atoms with Crippen molar-refractivity contribution in [2.24, 2.45) is 0 Å². The molecule has 0 aliphatic carbocycles. The van der Waals surface area contributed by atoms with Gasteiger partial charge in [-0.3, -0.25) is 0 Å². The lowest BCUT2D eigenvalue weighted by molar-refractivity contribution is 0.213. The summed E-state index contributed by atoms with van der Waals surface area (Å²) in [4.78, 5) is 0. The average Bonchev–Trinajstić information content (AvgIpc) is 2.68. The summed E-state index contributed by atoms with van der Waals surface area (Å²) >= 11 is 0. The summed E-state index contributed by atoms with van der Waals surface area (Å²) in [5.74, 6) is 0.922. The van der Waals surface area contributed by atoms with Gasteiger partial charge in [0.05, 0.1) is 12.2 Å². The number of anilines is 1. The molecule has 2 aromatic carbocycles. The van der Waals surface area contributed by atoms with Crippen LogP contribution in [0.15, 0.2) is 66.2 Å². The second-order valence-corrected chi connectivity index (χ2v) is 7.15. The topological polar surface area (TPSA) is 15.7 Å². The maximum Gasteiger partial charge on any atom is 0.121 e. The van der Waals surface area contributed by atoms with E-state index in [1.165, 1.54) is 36.1 Å². The monoisotopic (exact) mass is 350 g/mol. The van der Waals surface area contributed by atoms with Crippen molar-refractivity contribution >= 4 is 5.69 Å². The standard InChI is InChI=1S/C23H30N2O/c1-20(2)14-17-25(24-15-7-4-8-16-24)22-12-9-13-23(18-22)26-19-21-10-5-3-6-11-21/h3,5-6,9-14,18H,4,7-8,15-17,19H2,1-2H3. The maximum absolute atomic E-state index is 6.04. The minimum Gasteiger partial charge on any atom is -0.489 e. The van der Waals surface area contributed by atoms with E-state index in [4.69, 9.17) is 4.74 Å². The van der Waals surface area contributed by atoms with Crippen molar-refractivity contribution in [2.45, 2.75) is 39.7 Å². The van der Waals surface area contributed by atoms with E-state index in [0.717, 1.165) is 25.4 Å². The third-order valence-electron chi connectivity index (χ3n) is 4.71. The number of allylic oxidation sites excluding steroid dienone is 1. The highest BCUT2D eigenvalue weighted by atomic mass is 16.5. The SMILES string of the molecule is CC(C)=CCN(c1cccc(OCc2ccccc2)c1)N1CCCCC1. The van der Waals surface area contributed by atoms with Crippen molar-refractivity contribution in [2.75, 3.05) is 24.6 Å². The molecule has 0 aromatic heterocycles. The van der Waals surface area contributed by atoms with Crippen molar-refractivity contribution in [1.29, 1.82) is 0 Å². The van der Waals surface area contributed by atoms with Crippen LogP contribution in [0.4, 0.5) is 5.69 Å². The van der Waals surface area contributed by atoms with E-state index >= 15 is 0 Å². The minimum atomic E-state index is 0.599. The van der Waals surface area contributed by atoms with Crippen molar-refractivity contribution in [3.8, 4) is 5.75 Å². The lowest BCUT2D eigenvalue weighted by atomic mass is 10.1. The molecule has 2 aromatic rings. The second-order valence-electron chi connectivity index (χ2n) is 7.15. The average molecular weight is 351 g/mol. The zero-order valence-corrected chi connectivity index (χ0v) is 16.0. The van der Waals surface area contributed by atoms with Crippen LogP contribution >= 0.6 is 0 Å². The quantitative estimate of drug-likeness (QED) is 0.619. The Hall–Kier alpha value is -2.26. The summed E-state index contributed by atoms with van der Waals surface area (Å²) in [6.07, 6.45) is 6.18. The van der Waals surface area contributed by atoms with E-state index in [0.29, 0.717) is 6.61 Å². The van der Waals surface area contributed by atoms with Gasteiger partial charge in [0.15, 0.2) is 0 Å². The molecule has 3 heteroatoms. The molecule has 0 N–H and O–H groups in total. The molecular formula is C23H30N2O. The lowest BCUT2D eigenvalue weighted by Gasteiger charge is -2.38. The third kappa shape index (κ3) is 5.37.